The van der Waals surface area contributed by atoms with E-state index in [1.807, 2.05) is 48.6 Å². The number of amides is 1. The van der Waals surface area contributed by atoms with E-state index in [9.17, 15) is 4.79 Å². The van der Waals surface area contributed by atoms with Crippen LogP contribution < -0.4 is 10.2 Å². The summed E-state index contributed by atoms with van der Waals surface area (Å²) in [7, 11) is 3.94. The van der Waals surface area contributed by atoms with Gasteiger partial charge in [0.25, 0.3) is 5.91 Å². The van der Waals surface area contributed by atoms with Gasteiger partial charge in [0.15, 0.2) is 0 Å². The number of carbonyl (C=O) groups excluding carboxylic acids is 1. The Hall–Kier alpha value is -1.88. The van der Waals surface area contributed by atoms with Crippen LogP contribution in [0.25, 0.3) is 0 Å². The second-order valence-electron chi connectivity index (χ2n) is 4.10. The average molecular weight is 261 g/mol. The van der Waals surface area contributed by atoms with Gasteiger partial charge in [0.2, 0.25) is 0 Å². The van der Waals surface area contributed by atoms with Gasteiger partial charge in [-0.15, -0.1) is 11.3 Å². The number of nitrogens with one attached hydrogen (secondary N) is 1. The normalized spacial score (nSPS) is 10.1. The van der Waals surface area contributed by atoms with Gasteiger partial charge < -0.3 is 10.2 Å². The lowest BCUT2D eigenvalue weighted by molar-refractivity contribution is 0.0950. The molecule has 2 aromatic rings. The van der Waals surface area contributed by atoms with Crippen LogP contribution in [0.5, 0.6) is 0 Å². The summed E-state index contributed by atoms with van der Waals surface area (Å²) in [4.78, 5) is 18.0. The molecule has 0 fully saturated rings. The Labute approximate surface area is 110 Å². The maximum absolute atomic E-state index is 11.9. The Morgan fingerprint density at radius 2 is 2.06 bits per heavy atom. The zero-order chi connectivity index (χ0) is 13.0. The maximum Gasteiger partial charge on any atom is 0.251 e. The number of thiazole rings is 1. The fraction of sp³-hybridized carbons (Fsp3) is 0.231. The average Bonchev–Trinajstić information content (AvgIpc) is 2.89. The number of hydrogen-bond acceptors (Lipinski definition) is 4. The first-order valence-corrected chi connectivity index (χ1v) is 6.54. The molecule has 0 radical (unpaired) electrons. The Morgan fingerprint density at radius 1 is 1.33 bits per heavy atom. The smallest absolute Gasteiger partial charge is 0.251 e. The van der Waals surface area contributed by atoms with Crippen molar-refractivity contribution in [2.75, 3.05) is 19.0 Å². The van der Waals surface area contributed by atoms with Crippen molar-refractivity contribution >= 4 is 22.9 Å². The van der Waals surface area contributed by atoms with E-state index in [4.69, 9.17) is 0 Å². The zero-order valence-electron chi connectivity index (χ0n) is 10.4. The second-order valence-corrected chi connectivity index (χ2v) is 4.82. The predicted molar refractivity (Wildman–Crippen MR) is 74.1 cm³/mol. The molecule has 0 saturated heterocycles. The van der Waals surface area contributed by atoms with Crippen LogP contribution in [0, 0.1) is 0 Å². The molecular formula is C13H15N3OS. The number of anilines is 1. The van der Waals surface area contributed by atoms with Crippen LogP contribution in [-0.2, 0) is 6.54 Å². The van der Waals surface area contributed by atoms with Gasteiger partial charge in [0.05, 0.1) is 17.7 Å². The van der Waals surface area contributed by atoms with Gasteiger partial charge in [-0.25, -0.2) is 4.98 Å². The number of carbonyl (C=O) groups is 1. The number of benzene rings is 1. The summed E-state index contributed by atoms with van der Waals surface area (Å²) in [5, 5.41) is 4.77. The van der Waals surface area contributed by atoms with Gasteiger partial charge in [0, 0.05) is 30.7 Å². The Morgan fingerprint density at radius 3 is 2.61 bits per heavy atom. The molecule has 1 amide bonds. The Bertz CT molecular complexity index is 506. The van der Waals surface area contributed by atoms with Crippen LogP contribution in [0.2, 0.25) is 0 Å². The van der Waals surface area contributed by atoms with E-state index in [2.05, 4.69) is 10.3 Å². The molecule has 0 unspecified atom stereocenters. The molecule has 1 aromatic carbocycles. The van der Waals surface area contributed by atoms with Crippen molar-refractivity contribution in [3.8, 4) is 0 Å². The molecule has 0 saturated carbocycles. The van der Waals surface area contributed by atoms with Gasteiger partial charge >= 0.3 is 0 Å². The highest BCUT2D eigenvalue weighted by Crippen LogP contribution is 2.12. The van der Waals surface area contributed by atoms with Crippen molar-refractivity contribution in [2.24, 2.45) is 0 Å². The quantitative estimate of drug-likeness (QED) is 0.917. The Balaban J connectivity index is 1.96. The first-order valence-electron chi connectivity index (χ1n) is 5.59. The fourth-order valence-corrected chi connectivity index (χ4v) is 2.07. The molecule has 1 N–H and O–H groups in total. The van der Waals surface area contributed by atoms with Gasteiger partial charge in [-0.05, 0) is 24.3 Å². The van der Waals surface area contributed by atoms with Gasteiger partial charge in [-0.3, -0.25) is 4.79 Å². The van der Waals surface area contributed by atoms with Crippen molar-refractivity contribution in [3.05, 3.63) is 46.4 Å². The first-order chi connectivity index (χ1) is 8.66. The van der Waals surface area contributed by atoms with Gasteiger partial charge in [-0.1, -0.05) is 0 Å². The predicted octanol–water partition coefficient (Wildman–Crippen LogP) is 2.14. The molecule has 0 bridgehead atoms. The standard InChI is InChI=1S/C13H15N3OS/c1-16(2)12-5-3-10(4-6-12)13(17)14-7-11-8-18-9-15-11/h3-6,8-9H,7H2,1-2H3,(H,14,17). The highest BCUT2D eigenvalue weighted by molar-refractivity contribution is 7.07. The fourth-order valence-electron chi connectivity index (χ4n) is 1.51. The van der Waals surface area contributed by atoms with E-state index in [-0.39, 0.29) is 5.91 Å². The minimum Gasteiger partial charge on any atom is -0.378 e. The van der Waals surface area contributed by atoms with Crippen LogP contribution in [0.1, 0.15) is 16.1 Å². The largest absolute Gasteiger partial charge is 0.378 e. The molecule has 0 aliphatic carbocycles. The molecule has 5 heteroatoms. The van der Waals surface area contributed by atoms with Crippen molar-refractivity contribution in [1.29, 1.82) is 0 Å². The third-order valence-corrected chi connectivity index (χ3v) is 3.19. The van der Waals surface area contributed by atoms with E-state index in [0.29, 0.717) is 12.1 Å². The number of nitrogens with zero attached hydrogens (tertiary/aromatic N) is 2. The summed E-state index contributed by atoms with van der Waals surface area (Å²) >= 11 is 1.52. The van der Waals surface area contributed by atoms with Crippen LogP contribution in [-0.4, -0.2) is 25.0 Å². The number of hydrogen-bond donors (Lipinski definition) is 1. The van der Waals surface area contributed by atoms with Gasteiger partial charge in [-0.2, -0.15) is 0 Å². The number of aromatic nitrogens is 1. The number of rotatable bonds is 4. The highest BCUT2D eigenvalue weighted by atomic mass is 32.1. The molecule has 0 aliphatic rings. The van der Waals surface area contributed by atoms with Crippen LogP contribution in [0.3, 0.4) is 0 Å². The van der Waals surface area contributed by atoms with E-state index in [1.165, 1.54) is 11.3 Å². The van der Waals surface area contributed by atoms with Crippen molar-refractivity contribution < 1.29 is 4.79 Å². The lowest BCUT2D eigenvalue weighted by atomic mass is 10.2. The summed E-state index contributed by atoms with van der Waals surface area (Å²) in [5.41, 5.74) is 4.38. The molecule has 0 spiro atoms. The van der Waals surface area contributed by atoms with Crippen LogP contribution in [0.15, 0.2) is 35.2 Å². The van der Waals surface area contributed by atoms with E-state index in [1.54, 1.807) is 5.51 Å². The summed E-state index contributed by atoms with van der Waals surface area (Å²) in [6, 6.07) is 7.51. The zero-order valence-corrected chi connectivity index (χ0v) is 11.2. The van der Waals surface area contributed by atoms with Crippen molar-refractivity contribution in [2.45, 2.75) is 6.54 Å². The second kappa shape index (κ2) is 5.64. The molecule has 0 aliphatic heterocycles. The lowest BCUT2D eigenvalue weighted by Crippen LogP contribution is -2.23. The van der Waals surface area contributed by atoms with E-state index >= 15 is 0 Å². The van der Waals surface area contributed by atoms with Crippen molar-refractivity contribution in [1.82, 2.24) is 10.3 Å². The van der Waals surface area contributed by atoms with Crippen LogP contribution >= 0.6 is 11.3 Å². The van der Waals surface area contributed by atoms with Crippen molar-refractivity contribution in [3.63, 3.8) is 0 Å². The minimum absolute atomic E-state index is 0.0756. The van der Waals surface area contributed by atoms with E-state index in [0.717, 1.165) is 11.4 Å². The molecule has 94 valence electrons. The lowest BCUT2D eigenvalue weighted by Gasteiger charge is -2.12. The molecule has 4 nitrogen and oxygen atoms in total. The molecule has 1 heterocycles. The first kappa shape index (κ1) is 12.6. The summed E-state index contributed by atoms with van der Waals surface area (Å²) < 4.78 is 0. The molecule has 1 aromatic heterocycles. The molecule has 0 atom stereocenters. The van der Waals surface area contributed by atoms with Gasteiger partial charge in [0.1, 0.15) is 0 Å². The summed E-state index contributed by atoms with van der Waals surface area (Å²) in [6.07, 6.45) is 0. The highest BCUT2D eigenvalue weighted by Gasteiger charge is 2.06. The third-order valence-electron chi connectivity index (χ3n) is 2.56. The maximum atomic E-state index is 11.9. The molecule has 2 rings (SSSR count). The molecule has 18 heavy (non-hydrogen) atoms. The summed E-state index contributed by atoms with van der Waals surface area (Å²) in [6.45, 7) is 0.470. The van der Waals surface area contributed by atoms with E-state index < -0.39 is 0 Å². The monoisotopic (exact) mass is 261 g/mol. The summed E-state index contributed by atoms with van der Waals surface area (Å²) in [5.74, 6) is -0.0756. The Kier molecular flexibility index (Phi) is 3.94. The van der Waals surface area contributed by atoms with Crippen LogP contribution in [0.4, 0.5) is 5.69 Å². The molecular weight excluding hydrogens is 246 g/mol. The third kappa shape index (κ3) is 3.07. The topological polar surface area (TPSA) is 45.2 Å². The SMILES string of the molecule is CN(C)c1ccc(C(=O)NCc2cscn2)cc1. The minimum atomic E-state index is -0.0756.